The summed E-state index contributed by atoms with van der Waals surface area (Å²) < 4.78 is 10.4. The molecule has 1 fully saturated rings. The van der Waals surface area contributed by atoms with Gasteiger partial charge in [-0.2, -0.15) is 0 Å². The Hall–Kier alpha value is -1.30. The van der Waals surface area contributed by atoms with Crippen LogP contribution in [0.2, 0.25) is 0 Å². The second-order valence-corrected chi connectivity index (χ2v) is 5.15. The zero-order valence-corrected chi connectivity index (χ0v) is 13.3. The SMILES string of the molecule is COCC1(C(=O)Nc2ccc(OC)cc2)CCNCC1.Cl. The molecular weight excluding hydrogens is 292 g/mol. The third kappa shape index (κ3) is 4.33. The fraction of sp³-hybridized carbons (Fsp3) is 0.533. The van der Waals surface area contributed by atoms with Gasteiger partial charge in [-0.1, -0.05) is 0 Å². The first kappa shape index (κ1) is 17.8. The minimum Gasteiger partial charge on any atom is -0.497 e. The Kier molecular flexibility index (Phi) is 6.95. The number of carbonyl (C=O) groups excluding carboxylic acids is 1. The Morgan fingerprint density at radius 2 is 1.86 bits per heavy atom. The lowest BCUT2D eigenvalue weighted by molar-refractivity contribution is -0.130. The van der Waals surface area contributed by atoms with Gasteiger partial charge in [0.1, 0.15) is 5.75 Å². The van der Waals surface area contributed by atoms with Gasteiger partial charge in [0.05, 0.1) is 19.1 Å². The summed E-state index contributed by atoms with van der Waals surface area (Å²) in [4.78, 5) is 12.6. The van der Waals surface area contributed by atoms with Gasteiger partial charge >= 0.3 is 0 Å². The number of amides is 1. The molecule has 0 aliphatic carbocycles. The number of halogens is 1. The van der Waals surface area contributed by atoms with Crippen LogP contribution in [0.4, 0.5) is 5.69 Å². The first-order chi connectivity index (χ1) is 9.70. The van der Waals surface area contributed by atoms with Gasteiger partial charge in [-0.25, -0.2) is 0 Å². The summed E-state index contributed by atoms with van der Waals surface area (Å²) in [5.74, 6) is 0.808. The van der Waals surface area contributed by atoms with Gasteiger partial charge < -0.3 is 20.1 Å². The Morgan fingerprint density at radius 1 is 1.24 bits per heavy atom. The lowest BCUT2D eigenvalue weighted by Gasteiger charge is -2.35. The van der Waals surface area contributed by atoms with E-state index >= 15 is 0 Å². The summed E-state index contributed by atoms with van der Waals surface area (Å²) in [6, 6.07) is 7.36. The molecule has 1 amide bonds. The lowest BCUT2D eigenvalue weighted by atomic mass is 9.78. The van der Waals surface area contributed by atoms with Crippen molar-refractivity contribution in [1.82, 2.24) is 5.32 Å². The Morgan fingerprint density at radius 3 is 2.38 bits per heavy atom. The Labute approximate surface area is 131 Å². The van der Waals surface area contributed by atoms with E-state index < -0.39 is 5.41 Å². The second-order valence-electron chi connectivity index (χ2n) is 5.15. The van der Waals surface area contributed by atoms with Crippen molar-refractivity contribution in [3.8, 4) is 5.75 Å². The van der Waals surface area contributed by atoms with Gasteiger partial charge in [0.15, 0.2) is 0 Å². The molecule has 6 heteroatoms. The molecule has 0 saturated carbocycles. The molecule has 1 aliphatic heterocycles. The van der Waals surface area contributed by atoms with Gasteiger partial charge in [0.25, 0.3) is 0 Å². The highest BCUT2D eigenvalue weighted by Crippen LogP contribution is 2.31. The molecule has 1 aliphatic rings. The van der Waals surface area contributed by atoms with Crippen LogP contribution in [0.5, 0.6) is 5.75 Å². The Balaban J connectivity index is 0.00000220. The molecule has 0 bridgehead atoms. The van der Waals surface area contributed by atoms with E-state index in [0.29, 0.717) is 6.61 Å². The van der Waals surface area contributed by atoms with E-state index in [-0.39, 0.29) is 18.3 Å². The van der Waals surface area contributed by atoms with Crippen LogP contribution < -0.4 is 15.4 Å². The zero-order valence-electron chi connectivity index (χ0n) is 12.5. The van der Waals surface area contributed by atoms with Crippen molar-refractivity contribution in [2.75, 3.05) is 39.2 Å². The van der Waals surface area contributed by atoms with Gasteiger partial charge in [-0.3, -0.25) is 4.79 Å². The molecule has 0 radical (unpaired) electrons. The fourth-order valence-corrected chi connectivity index (χ4v) is 2.56. The molecule has 21 heavy (non-hydrogen) atoms. The van der Waals surface area contributed by atoms with Crippen LogP contribution in [0.3, 0.4) is 0 Å². The summed E-state index contributed by atoms with van der Waals surface area (Å²) in [7, 11) is 3.26. The number of hydrogen-bond acceptors (Lipinski definition) is 4. The molecule has 2 N–H and O–H groups in total. The van der Waals surface area contributed by atoms with Gasteiger partial charge in [-0.15, -0.1) is 12.4 Å². The highest BCUT2D eigenvalue weighted by atomic mass is 35.5. The predicted molar refractivity (Wildman–Crippen MR) is 85.3 cm³/mol. The van der Waals surface area contributed by atoms with Gasteiger partial charge in [-0.05, 0) is 50.2 Å². The monoisotopic (exact) mass is 314 g/mol. The van der Waals surface area contributed by atoms with E-state index in [4.69, 9.17) is 9.47 Å². The number of methoxy groups -OCH3 is 2. The maximum absolute atomic E-state index is 12.6. The average Bonchev–Trinajstić information content (AvgIpc) is 2.49. The van der Waals surface area contributed by atoms with Crippen molar-refractivity contribution in [1.29, 1.82) is 0 Å². The number of piperidine rings is 1. The fourth-order valence-electron chi connectivity index (χ4n) is 2.56. The smallest absolute Gasteiger partial charge is 0.233 e. The maximum Gasteiger partial charge on any atom is 0.233 e. The minimum atomic E-state index is -0.431. The molecule has 0 atom stereocenters. The molecule has 0 aromatic heterocycles. The molecule has 118 valence electrons. The number of carbonyl (C=O) groups is 1. The molecular formula is C15H23ClN2O3. The van der Waals surface area contributed by atoms with E-state index in [2.05, 4.69) is 10.6 Å². The number of hydrogen-bond donors (Lipinski definition) is 2. The average molecular weight is 315 g/mol. The third-order valence-corrected chi connectivity index (χ3v) is 3.81. The lowest BCUT2D eigenvalue weighted by Crippen LogP contribution is -2.47. The molecule has 1 aromatic rings. The number of ether oxygens (including phenoxy) is 2. The predicted octanol–water partition coefficient (Wildman–Crippen LogP) is 2.07. The molecule has 0 spiro atoms. The third-order valence-electron chi connectivity index (χ3n) is 3.81. The van der Waals surface area contributed by atoms with Crippen molar-refractivity contribution < 1.29 is 14.3 Å². The van der Waals surface area contributed by atoms with E-state index in [0.717, 1.165) is 37.4 Å². The number of benzene rings is 1. The quantitative estimate of drug-likeness (QED) is 0.873. The van der Waals surface area contributed by atoms with Crippen LogP contribution in [0.15, 0.2) is 24.3 Å². The summed E-state index contributed by atoms with van der Waals surface area (Å²) in [5.41, 5.74) is 0.352. The number of nitrogens with one attached hydrogen (secondary N) is 2. The summed E-state index contributed by atoms with van der Waals surface area (Å²) in [6.45, 7) is 2.15. The van der Waals surface area contributed by atoms with Crippen molar-refractivity contribution in [2.24, 2.45) is 5.41 Å². The van der Waals surface area contributed by atoms with E-state index in [1.54, 1.807) is 14.2 Å². The van der Waals surface area contributed by atoms with Crippen molar-refractivity contribution in [3.63, 3.8) is 0 Å². The van der Waals surface area contributed by atoms with E-state index in [1.807, 2.05) is 24.3 Å². The first-order valence-corrected chi connectivity index (χ1v) is 6.85. The van der Waals surface area contributed by atoms with Crippen molar-refractivity contribution in [3.05, 3.63) is 24.3 Å². The topological polar surface area (TPSA) is 59.6 Å². The largest absolute Gasteiger partial charge is 0.497 e. The van der Waals surface area contributed by atoms with Crippen LogP contribution in [0.1, 0.15) is 12.8 Å². The molecule has 2 rings (SSSR count). The summed E-state index contributed by atoms with van der Waals surface area (Å²) in [5, 5.41) is 6.27. The van der Waals surface area contributed by atoms with Gasteiger partial charge in [0.2, 0.25) is 5.91 Å². The first-order valence-electron chi connectivity index (χ1n) is 6.85. The van der Waals surface area contributed by atoms with Gasteiger partial charge in [0, 0.05) is 12.8 Å². The van der Waals surface area contributed by atoms with Crippen LogP contribution in [-0.4, -0.2) is 39.8 Å². The Bertz CT molecular complexity index is 439. The molecule has 0 unspecified atom stereocenters. The molecule has 1 saturated heterocycles. The molecule has 1 heterocycles. The summed E-state index contributed by atoms with van der Waals surface area (Å²) >= 11 is 0. The minimum absolute atomic E-state index is 0. The van der Waals surface area contributed by atoms with Crippen molar-refractivity contribution in [2.45, 2.75) is 12.8 Å². The number of anilines is 1. The van der Waals surface area contributed by atoms with Crippen molar-refractivity contribution >= 4 is 24.0 Å². The van der Waals surface area contributed by atoms with Crippen LogP contribution >= 0.6 is 12.4 Å². The molecule has 1 aromatic carbocycles. The van der Waals surface area contributed by atoms with E-state index in [9.17, 15) is 4.79 Å². The number of rotatable bonds is 5. The second kappa shape index (κ2) is 8.22. The van der Waals surface area contributed by atoms with Crippen LogP contribution in [-0.2, 0) is 9.53 Å². The van der Waals surface area contributed by atoms with Crippen LogP contribution in [0.25, 0.3) is 0 Å². The van der Waals surface area contributed by atoms with E-state index in [1.165, 1.54) is 0 Å². The zero-order chi connectivity index (χ0) is 14.4. The maximum atomic E-state index is 12.6. The highest BCUT2D eigenvalue weighted by molar-refractivity contribution is 5.95. The normalized spacial score (nSPS) is 16.7. The van der Waals surface area contributed by atoms with Crippen LogP contribution in [0, 0.1) is 5.41 Å². The summed E-state index contributed by atoms with van der Waals surface area (Å²) in [6.07, 6.45) is 1.59. The molecule has 5 nitrogen and oxygen atoms in total. The highest BCUT2D eigenvalue weighted by Gasteiger charge is 2.39. The standard InChI is InChI=1S/C15H22N2O3.ClH/c1-19-11-15(7-9-16-10-8-15)14(18)17-12-3-5-13(20-2)6-4-12;/h3-6,16H,7-11H2,1-2H3,(H,17,18);1H.